The van der Waals surface area contributed by atoms with E-state index in [1.807, 2.05) is 23.1 Å². The van der Waals surface area contributed by atoms with Gasteiger partial charge in [0.05, 0.1) is 7.11 Å². The molecule has 1 aliphatic heterocycles. The second-order valence-corrected chi connectivity index (χ2v) is 6.78. The van der Waals surface area contributed by atoms with E-state index in [2.05, 4.69) is 12.1 Å². The van der Waals surface area contributed by atoms with Crippen LogP contribution in [0.25, 0.3) is 0 Å². The molecule has 27 heavy (non-hydrogen) atoms. The summed E-state index contributed by atoms with van der Waals surface area (Å²) in [7, 11) is 1.44. The van der Waals surface area contributed by atoms with Gasteiger partial charge < -0.3 is 15.4 Å². The molecule has 2 aromatic carbocycles. The van der Waals surface area contributed by atoms with E-state index in [-0.39, 0.29) is 35.9 Å². The molecule has 2 aromatic rings. The number of methoxy groups -OCH3 is 1. The molecule has 1 saturated heterocycles. The van der Waals surface area contributed by atoms with Crippen LogP contribution in [0.4, 0.5) is 4.39 Å². The zero-order valence-electron chi connectivity index (χ0n) is 15.4. The summed E-state index contributed by atoms with van der Waals surface area (Å²) in [5.41, 5.74) is 7.97. The van der Waals surface area contributed by atoms with Crippen molar-refractivity contribution < 1.29 is 13.9 Å². The van der Waals surface area contributed by atoms with Crippen LogP contribution in [0.15, 0.2) is 48.5 Å². The second-order valence-electron chi connectivity index (χ2n) is 6.78. The quantitative estimate of drug-likeness (QED) is 0.819. The summed E-state index contributed by atoms with van der Waals surface area (Å²) < 4.78 is 18.7. The highest BCUT2D eigenvalue weighted by atomic mass is 35.5. The topological polar surface area (TPSA) is 55.6 Å². The first-order valence-corrected chi connectivity index (χ1v) is 8.97. The number of ether oxygens (including phenoxy) is 1. The van der Waals surface area contributed by atoms with E-state index in [0.717, 1.165) is 5.56 Å². The number of rotatable bonds is 6. The third kappa shape index (κ3) is 4.99. The molecule has 146 valence electrons. The van der Waals surface area contributed by atoms with E-state index in [1.165, 1.54) is 18.7 Å². The van der Waals surface area contributed by atoms with Crippen molar-refractivity contribution in [3.05, 3.63) is 65.5 Å². The lowest BCUT2D eigenvalue weighted by Gasteiger charge is -2.17. The van der Waals surface area contributed by atoms with Crippen molar-refractivity contribution >= 4 is 18.3 Å². The van der Waals surface area contributed by atoms with Gasteiger partial charge in [-0.2, -0.15) is 0 Å². The molecule has 0 radical (unpaired) electrons. The number of carbonyl (C=O) groups is 1. The van der Waals surface area contributed by atoms with Crippen molar-refractivity contribution in [3.63, 3.8) is 0 Å². The Morgan fingerprint density at radius 1 is 1.22 bits per heavy atom. The van der Waals surface area contributed by atoms with E-state index in [0.29, 0.717) is 32.5 Å². The minimum absolute atomic E-state index is 0. The van der Waals surface area contributed by atoms with Crippen LogP contribution in [0.5, 0.6) is 5.75 Å². The molecule has 3 rings (SSSR count). The predicted molar refractivity (Wildman–Crippen MR) is 107 cm³/mol. The van der Waals surface area contributed by atoms with Gasteiger partial charge in [0.15, 0.2) is 11.6 Å². The van der Waals surface area contributed by atoms with Crippen LogP contribution < -0.4 is 10.5 Å². The highest BCUT2D eigenvalue weighted by molar-refractivity contribution is 5.85. The molecular weight excluding hydrogens is 367 g/mol. The van der Waals surface area contributed by atoms with Crippen molar-refractivity contribution in [1.29, 1.82) is 0 Å². The number of hydrogen-bond donors (Lipinski definition) is 1. The lowest BCUT2D eigenvalue weighted by Crippen LogP contribution is -2.30. The molecule has 2 N–H and O–H groups in total. The lowest BCUT2D eigenvalue weighted by atomic mass is 9.89. The highest BCUT2D eigenvalue weighted by Gasteiger charge is 2.34. The standard InChI is InChI=1S/C21H25FN2O2.ClH/c1-26-20-9-7-15(11-19(20)22)8-10-21(25)24-13-17(12-23)18(14-24)16-5-3-2-4-6-16;/h2-7,9,11,17-18H,8,10,12-14,23H2,1H3;1H/t17-,18+;/m1./s1. The molecule has 0 bridgehead atoms. The molecule has 1 amide bonds. The molecule has 0 aromatic heterocycles. The Labute approximate surface area is 165 Å². The SMILES string of the molecule is COc1ccc(CCC(=O)N2C[C@@H](CN)[C@H](c3ccccc3)C2)cc1F.Cl. The van der Waals surface area contributed by atoms with Crippen LogP contribution >= 0.6 is 12.4 Å². The van der Waals surface area contributed by atoms with Gasteiger partial charge in [-0.05, 0) is 42.1 Å². The number of hydrogen-bond acceptors (Lipinski definition) is 3. The van der Waals surface area contributed by atoms with Crippen molar-refractivity contribution in [2.24, 2.45) is 11.7 Å². The first-order valence-electron chi connectivity index (χ1n) is 8.97. The molecule has 2 atom stereocenters. The Morgan fingerprint density at radius 2 is 1.96 bits per heavy atom. The van der Waals surface area contributed by atoms with E-state index in [9.17, 15) is 9.18 Å². The first kappa shape index (κ1) is 21.2. The zero-order chi connectivity index (χ0) is 18.5. The number of nitrogens with two attached hydrogens (primary N) is 1. The normalized spacial score (nSPS) is 18.9. The third-order valence-electron chi connectivity index (χ3n) is 5.17. The van der Waals surface area contributed by atoms with Crippen LogP contribution in [0.1, 0.15) is 23.5 Å². The number of carbonyl (C=O) groups excluding carboxylic acids is 1. The third-order valence-corrected chi connectivity index (χ3v) is 5.17. The number of halogens is 2. The molecule has 0 aliphatic carbocycles. The Hall–Kier alpha value is -2.11. The number of benzene rings is 2. The van der Waals surface area contributed by atoms with Crippen molar-refractivity contribution in [2.45, 2.75) is 18.8 Å². The summed E-state index contributed by atoms with van der Waals surface area (Å²) in [5, 5.41) is 0. The summed E-state index contributed by atoms with van der Waals surface area (Å²) in [6.07, 6.45) is 0.879. The maximum atomic E-state index is 13.8. The van der Waals surface area contributed by atoms with Gasteiger partial charge in [0.25, 0.3) is 0 Å². The van der Waals surface area contributed by atoms with Gasteiger partial charge in [-0.1, -0.05) is 36.4 Å². The number of aryl methyl sites for hydroxylation is 1. The molecule has 0 saturated carbocycles. The largest absolute Gasteiger partial charge is 0.494 e. The van der Waals surface area contributed by atoms with E-state index in [4.69, 9.17) is 10.5 Å². The Kier molecular flexibility index (Phi) is 7.63. The zero-order valence-corrected chi connectivity index (χ0v) is 16.3. The number of amides is 1. The molecule has 6 heteroatoms. The maximum absolute atomic E-state index is 13.8. The molecule has 1 fully saturated rings. The minimum Gasteiger partial charge on any atom is -0.494 e. The molecule has 0 spiro atoms. The summed E-state index contributed by atoms with van der Waals surface area (Å²) in [6.45, 7) is 1.95. The Bertz CT molecular complexity index is 757. The molecule has 1 heterocycles. The monoisotopic (exact) mass is 392 g/mol. The Balaban J connectivity index is 0.00000261. The van der Waals surface area contributed by atoms with Crippen molar-refractivity contribution in [1.82, 2.24) is 4.90 Å². The average Bonchev–Trinajstić information content (AvgIpc) is 3.11. The van der Waals surface area contributed by atoms with Crippen LogP contribution in [-0.2, 0) is 11.2 Å². The summed E-state index contributed by atoms with van der Waals surface area (Å²) in [6, 6.07) is 15.1. The number of nitrogens with zero attached hydrogens (tertiary/aromatic N) is 1. The van der Waals surface area contributed by atoms with Crippen LogP contribution in [-0.4, -0.2) is 37.6 Å². The van der Waals surface area contributed by atoms with E-state index < -0.39 is 5.82 Å². The summed E-state index contributed by atoms with van der Waals surface area (Å²) >= 11 is 0. The predicted octanol–water partition coefficient (Wildman–Crippen LogP) is 3.39. The Morgan fingerprint density at radius 3 is 2.59 bits per heavy atom. The molecule has 1 aliphatic rings. The molecular formula is C21H26ClFN2O2. The number of likely N-dealkylation sites (tertiary alicyclic amines) is 1. The molecule has 4 nitrogen and oxygen atoms in total. The smallest absolute Gasteiger partial charge is 0.222 e. The van der Waals surface area contributed by atoms with Gasteiger partial charge in [0.2, 0.25) is 5.91 Å². The van der Waals surface area contributed by atoms with Gasteiger partial charge in [-0.25, -0.2) is 4.39 Å². The fraction of sp³-hybridized carbons (Fsp3) is 0.381. The second kappa shape index (κ2) is 9.72. The van der Waals surface area contributed by atoms with Gasteiger partial charge in [0.1, 0.15) is 0 Å². The van der Waals surface area contributed by atoms with E-state index in [1.54, 1.807) is 12.1 Å². The minimum atomic E-state index is -0.397. The fourth-order valence-corrected chi connectivity index (χ4v) is 3.67. The van der Waals surface area contributed by atoms with E-state index >= 15 is 0 Å². The average molecular weight is 393 g/mol. The van der Waals surface area contributed by atoms with Gasteiger partial charge >= 0.3 is 0 Å². The van der Waals surface area contributed by atoms with Crippen molar-refractivity contribution in [2.75, 3.05) is 26.7 Å². The van der Waals surface area contributed by atoms with Crippen LogP contribution in [0, 0.1) is 11.7 Å². The van der Waals surface area contributed by atoms with Crippen LogP contribution in [0.2, 0.25) is 0 Å². The fourth-order valence-electron chi connectivity index (χ4n) is 3.67. The van der Waals surface area contributed by atoms with Gasteiger partial charge in [-0.15, -0.1) is 12.4 Å². The van der Waals surface area contributed by atoms with Gasteiger partial charge in [-0.3, -0.25) is 4.79 Å². The van der Waals surface area contributed by atoms with Crippen molar-refractivity contribution in [3.8, 4) is 5.75 Å². The summed E-state index contributed by atoms with van der Waals surface area (Å²) in [4.78, 5) is 14.5. The van der Waals surface area contributed by atoms with Gasteiger partial charge in [0, 0.05) is 25.4 Å². The van der Waals surface area contributed by atoms with Crippen LogP contribution in [0.3, 0.4) is 0 Å². The first-order chi connectivity index (χ1) is 12.6. The summed E-state index contributed by atoms with van der Waals surface area (Å²) in [5.74, 6) is 0.475. The highest BCUT2D eigenvalue weighted by Crippen LogP contribution is 2.32. The lowest BCUT2D eigenvalue weighted by molar-refractivity contribution is -0.130. The maximum Gasteiger partial charge on any atom is 0.222 e. The molecule has 0 unspecified atom stereocenters.